The lowest BCUT2D eigenvalue weighted by molar-refractivity contribution is -0.150. The number of ether oxygens (including phenoxy) is 2. The highest BCUT2D eigenvalue weighted by atomic mass is 16.6. The first kappa shape index (κ1) is 25.1. The Kier molecular flexibility index (Phi) is 9.21. The van der Waals surface area contributed by atoms with Crippen LogP contribution in [0.25, 0.3) is 11.2 Å². The second kappa shape index (κ2) is 12.1. The Morgan fingerprint density at radius 2 is 1.82 bits per heavy atom. The maximum Gasteiger partial charge on any atom is 0.305 e. The Bertz CT molecular complexity index is 960. The molecule has 33 heavy (non-hydrogen) atoms. The fourth-order valence-electron chi connectivity index (χ4n) is 4.05. The molecule has 2 aromatic rings. The number of fused-ring (bicyclic) bond motifs is 1. The summed E-state index contributed by atoms with van der Waals surface area (Å²) >= 11 is 0. The minimum atomic E-state index is -1.33. The number of carbonyl (C=O) groups excluding carboxylic acids is 1. The molecule has 0 amide bonds. The summed E-state index contributed by atoms with van der Waals surface area (Å²) in [5.41, 5.74) is 5.23. The van der Waals surface area contributed by atoms with Crippen LogP contribution in [0.4, 0.5) is 5.95 Å². The molecule has 3 heterocycles. The van der Waals surface area contributed by atoms with Gasteiger partial charge in [-0.25, -0.2) is 4.98 Å². The van der Waals surface area contributed by atoms with E-state index in [1.807, 2.05) is 0 Å². The van der Waals surface area contributed by atoms with Crippen molar-refractivity contribution in [1.29, 1.82) is 0 Å². The maximum atomic E-state index is 12.1. The van der Waals surface area contributed by atoms with Gasteiger partial charge >= 0.3 is 5.97 Å². The lowest BCUT2D eigenvalue weighted by Crippen LogP contribution is -2.34. The number of nitrogens with two attached hydrogens (primary N) is 1. The van der Waals surface area contributed by atoms with Crippen LogP contribution in [0.15, 0.2) is 11.1 Å². The van der Waals surface area contributed by atoms with Crippen LogP contribution in [0.5, 0.6) is 0 Å². The van der Waals surface area contributed by atoms with Crippen molar-refractivity contribution >= 4 is 23.1 Å². The molecule has 1 saturated heterocycles. The van der Waals surface area contributed by atoms with Crippen molar-refractivity contribution < 1.29 is 24.5 Å². The fraction of sp³-hybridized carbons (Fsp3) is 0.727. The normalized spacial score (nSPS) is 22.8. The molecule has 0 aliphatic carbocycles. The number of nitrogens with one attached hydrogen (secondary N) is 1. The Balaban J connectivity index is 1.42. The number of unbranched alkanes of at least 4 members (excludes halogenated alkanes) is 8. The fourth-order valence-corrected chi connectivity index (χ4v) is 4.05. The van der Waals surface area contributed by atoms with Crippen molar-refractivity contribution in [2.75, 3.05) is 12.3 Å². The average molecular weight is 466 g/mol. The van der Waals surface area contributed by atoms with Crippen LogP contribution < -0.4 is 11.3 Å². The molecule has 0 aromatic carbocycles. The summed E-state index contributed by atoms with van der Waals surface area (Å²) in [5, 5.41) is 20.8. The Labute approximate surface area is 192 Å². The first-order valence-corrected chi connectivity index (χ1v) is 11.8. The topological polar surface area (TPSA) is 166 Å². The van der Waals surface area contributed by atoms with Crippen molar-refractivity contribution in [3.63, 3.8) is 0 Å². The number of aromatic nitrogens is 4. The van der Waals surface area contributed by atoms with Gasteiger partial charge in [0.15, 0.2) is 17.4 Å². The van der Waals surface area contributed by atoms with Gasteiger partial charge in [-0.1, -0.05) is 58.3 Å². The molecule has 4 atom stereocenters. The van der Waals surface area contributed by atoms with E-state index in [1.165, 1.54) is 49.4 Å². The number of rotatable bonds is 13. The molecule has 1 aliphatic rings. The van der Waals surface area contributed by atoms with E-state index in [-0.39, 0.29) is 29.7 Å². The van der Waals surface area contributed by atoms with E-state index in [0.29, 0.717) is 6.42 Å². The van der Waals surface area contributed by atoms with Gasteiger partial charge in [0.2, 0.25) is 5.95 Å². The molecule has 0 bridgehead atoms. The highest BCUT2D eigenvalue weighted by Crippen LogP contribution is 2.31. The highest BCUT2D eigenvalue weighted by molar-refractivity contribution is 5.70. The number of anilines is 1. The van der Waals surface area contributed by atoms with Crippen LogP contribution in [0.3, 0.4) is 0 Å². The van der Waals surface area contributed by atoms with E-state index in [4.69, 9.17) is 15.2 Å². The monoisotopic (exact) mass is 465 g/mol. The third-order valence-electron chi connectivity index (χ3n) is 5.96. The zero-order chi connectivity index (χ0) is 23.8. The molecule has 1 aliphatic heterocycles. The van der Waals surface area contributed by atoms with E-state index in [9.17, 15) is 19.8 Å². The van der Waals surface area contributed by atoms with Crippen LogP contribution in [-0.4, -0.2) is 60.6 Å². The van der Waals surface area contributed by atoms with Crippen molar-refractivity contribution in [2.24, 2.45) is 0 Å². The van der Waals surface area contributed by atoms with Crippen LogP contribution in [0, 0.1) is 0 Å². The predicted molar refractivity (Wildman–Crippen MR) is 121 cm³/mol. The first-order valence-electron chi connectivity index (χ1n) is 11.8. The standard InChI is InChI=1S/C22H35N5O6/c1-2-3-4-5-6-7-8-9-10-11-15(28)32-12-14-17(29)18(30)21(33-14)27-13-24-16-19(27)25-22(23)26-20(16)31/h13-14,17-18,21,29-30H,2-12H2,1H3,(H3,23,25,26,31)/t14-,17-,18-,21-/m1/s1. The quantitative estimate of drug-likeness (QED) is 0.255. The number of aliphatic hydroxyl groups excluding tert-OH is 2. The molecule has 184 valence electrons. The molecule has 0 radical (unpaired) electrons. The van der Waals surface area contributed by atoms with Crippen molar-refractivity contribution in [1.82, 2.24) is 19.5 Å². The Hall–Kier alpha value is -2.50. The van der Waals surface area contributed by atoms with Gasteiger partial charge in [0.05, 0.1) is 6.33 Å². The van der Waals surface area contributed by atoms with Crippen LogP contribution in [0.1, 0.15) is 77.4 Å². The molecular formula is C22H35N5O6. The summed E-state index contributed by atoms with van der Waals surface area (Å²) in [4.78, 5) is 34.4. The summed E-state index contributed by atoms with van der Waals surface area (Å²) < 4.78 is 12.3. The zero-order valence-corrected chi connectivity index (χ0v) is 19.1. The predicted octanol–water partition coefficient (Wildman–Crippen LogP) is 1.79. The van der Waals surface area contributed by atoms with E-state index >= 15 is 0 Å². The molecule has 3 rings (SSSR count). The second-order valence-corrected chi connectivity index (χ2v) is 8.58. The number of hydrogen-bond acceptors (Lipinski definition) is 9. The molecule has 0 spiro atoms. The number of aromatic amines is 1. The van der Waals surface area contributed by atoms with Crippen molar-refractivity contribution in [3.05, 3.63) is 16.7 Å². The first-order chi connectivity index (χ1) is 15.9. The van der Waals surface area contributed by atoms with Gasteiger partial charge in [0.1, 0.15) is 24.9 Å². The van der Waals surface area contributed by atoms with Crippen LogP contribution >= 0.6 is 0 Å². The SMILES string of the molecule is CCCCCCCCCCCC(=O)OC[C@H]1O[C@@H](n2cnc3c(=O)[nH]c(N)nc32)[C@H](O)[C@@H]1O. The van der Waals surface area contributed by atoms with E-state index in [2.05, 4.69) is 21.9 Å². The third-order valence-corrected chi connectivity index (χ3v) is 5.96. The summed E-state index contributed by atoms with van der Waals surface area (Å²) in [7, 11) is 0. The van der Waals surface area contributed by atoms with Crippen molar-refractivity contribution in [3.8, 4) is 0 Å². The third kappa shape index (κ3) is 6.52. The number of imidazole rings is 1. The summed E-state index contributed by atoms with van der Waals surface area (Å²) in [6.07, 6.45) is 7.41. The number of carbonyl (C=O) groups is 1. The molecule has 0 saturated carbocycles. The number of nitrogen functional groups attached to an aromatic ring is 1. The molecule has 11 nitrogen and oxygen atoms in total. The van der Waals surface area contributed by atoms with E-state index < -0.39 is 30.1 Å². The molecule has 2 aromatic heterocycles. The lowest BCUT2D eigenvalue weighted by Gasteiger charge is -2.16. The average Bonchev–Trinajstić information content (AvgIpc) is 3.32. The number of hydrogen-bond donors (Lipinski definition) is 4. The summed E-state index contributed by atoms with van der Waals surface area (Å²) in [6, 6.07) is 0. The van der Waals surface area contributed by atoms with Gasteiger partial charge in [-0.3, -0.25) is 19.1 Å². The zero-order valence-electron chi connectivity index (χ0n) is 19.1. The van der Waals surface area contributed by atoms with Gasteiger partial charge in [0, 0.05) is 6.42 Å². The molecule has 11 heteroatoms. The number of aliphatic hydroxyl groups is 2. The molecule has 0 unspecified atom stereocenters. The van der Waals surface area contributed by atoms with E-state index in [0.717, 1.165) is 19.3 Å². The van der Waals surface area contributed by atoms with Gasteiger partial charge in [-0.2, -0.15) is 4.98 Å². The van der Waals surface area contributed by atoms with Crippen LogP contribution in [-0.2, 0) is 14.3 Å². The molecule has 1 fully saturated rings. The van der Waals surface area contributed by atoms with Crippen molar-refractivity contribution in [2.45, 2.75) is 95.7 Å². The van der Waals surface area contributed by atoms with Gasteiger partial charge < -0.3 is 25.4 Å². The number of H-pyrrole nitrogens is 1. The van der Waals surface area contributed by atoms with Gasteiger partial charge in [-0.05, 0) is 6.42 Å². The van der Waals surface area contributed by atoms with Gasteiger partial charge in [0.25, 0.3) is 5.56 Å². The minimum Gasteiger partial charge on any atom is -0.463 e. The Morgan fingerprint density at radius 3 is 2.52 bits per heavy atom. The summed E-state index contributed by atoms with van der Waals surface area (Å²) in [6.45, 7) is 2.02. The Morgan fingerprint density at radius 1 is 1.15 bits per heavy atom. The largest absolute Gasteiger partial charge is 0.463 e. The minimum absolute atomic E-state index is 0.0327. The molecule has 5 N–H and O–H groups in total. The van der Waals surface area contributed by atoms with E-state index in [1.54, 1.807) is 0 Å². The maximum absolute atomic E-state index is 12.1. The number of esters is 1. The highest BCUT2D eigenvalue weighted by Gasteiger charge is 2.45. The summed E-state index contributed by atoms with van der Waals surface area (Å²) in [5.74, 6) is -0.468. The number of nitrogens with zero attached hydrogens (tertiary/aromatic N) is 3. The second-order valence-electron chi connectivity index (χ2n) is 8.58. The van der Waals surface area contributed by atoms with Crippen LogP contribution in [0.2, 0.25) is 0 Å². The van der Waals surface area contributed by atoms with Gasteiger partial charge in [-0.15, -0.1) is 0 Å². The smallest absolute Gasteiger partial charge is 0.305 e. The molecular weight excluding hydrogens is 430 g/mol. The lowest BCUT2D eigenvalue weighted by atomic mass is 10.1.